The van der Waals surface area contributed by atoms with Crippen LogP contribution >= 0.6 is 0 Å². The second-order valence-corrected chi connectivity index (χ2v) is 6.11. The summed E-state index contributed by atoms with van der Waals surface area (Å²) in [6.07, 6.45) is 3.64. The van der Waals surface area contributed by atoms with Gasteiger partial charge in [-0.2, -0.15) is 4.98 Å². The standard InChI is InChI=1S/C16H19N3O2/c20-12-9-13(17-10-12)14-18-15(19-21-14)16(7-4-8-16)11-5-2-1-3-6-11/h1-3,5-6,12-13,17,20H,4,7-10H2/t12-,13+/m1/s1. The Balaban J connectivity index is 1.65. The van der Waals surface area contributed by atoms with Crippen molar-refractivity contribution in [2.75, 3.05) is 6.54 Å². The number of rotatable bonds is 3. The van der Waals surface area contributed by atoms with Gasteiger partial charge in [-0.05, 0) is 24.8 Å². The van der Waals surface area contributed by atoms with Crippen molar-refractivity contribution in [1.29, 1.82) is 0 Å². The van der Waals surface area contributed by atoms with Crippen LogP contribution in [0.5, 0.6) is 0 Å². The second kappa shape index (κ2) is 4.93. The van der Waals surface area contributed by atoms with Gasteiger partial charge in [-0.25, -0.2) is 0 Å². The highest BCUT2D eigenvalue weighted by Gasteiger charge is 2.45. The van der Waals surface area contributed by atoms with E-state index in [-0.39, 0.29) is 17.6 Å². The number of hydrogen-bond acceptors (Lipinski definition) is 5. The van der Waals surface area contributed by atoms with Gasteiger partial charge in [-0.15, -0.1) is 0 Å². The van der Waals surface area contributed by atoms with E-state index in [1.807, 2.05) is 6.07 Å². The number of aromatic nitrogens is 2. The highest BCUT2D eigenvalue weighted by Crippen LogP contribution is 2.47. The maximum atomic E-state index is 9.61. The lowest BCUT2D eigenvalue weighted by Gasteiger charge is -2.39. The van der Waals surface area contributed by atoms with E-state index in [9.17, 15) is 5.11 Å². The third-order valence-corrected chi connectivity index (χ3v) is 4.81. The zero-order valence-electron chi connectivity index (χ0n) is 11.8. The molecule has 110 valence electrons. The van der Waals surface area contributed by atoms with Gasteiger partial charge in [-0.3, -0.25) is 0 Å². The summed E-state index contributed by atoms with van der Waals surface area (Å²) in [4.78, 5) is 4.65. The number of nitrogens with one attached hydrogen (secondary N) is 1. The molecule has 1 aromatic heterocycles. The molecule has 5 nitrogen and oxygen atoms in total. The Morgan fingerprint density at radius 1 is 1.24 bits per heavy atom. The molecular formula is C16H19N3O2. The molecule has 0 radical (unpaired) electrons. The molecule has 1 aliphatic carbocycles. The first-order valence-electron chi connectivity index (χ1n) is 7.59. The van der Waals surface area contributed by atoms with E-state index in [1.165, 1.54) is 12.0 Å². The van der Waals surface area contributed by atoms with Crippen molar-refractivity contribution in [3.05, 3.63) is 47.6 Å². The molecule has 1 saturated heterocycles. The minimum atomic E-state index is -0.322. The Hall–Kier alpha value is -1.72. The molecule has 1 saturated carbocycles. The zero-order valence-corrected chi connectivity index (χ0v) is 11.8. The van der Waals surface area contributed by atoms with Crippen molar-refractivity contribution in [3.63, 3.8) is 0 Å². The Morgan fingerprint density at radius 3 is 2.67 bits per heavy atom. The molecule has 0 bridgehead atoms. The average Bonchev–Trinajstić information content (AvgIpc) is 3.08. The highest BCUT2D eigenvalue weighted by molar-refractivity contribution is 5.35. The summed E-state index contributed by atoms with van der Waals surface area (Å²) in [6, 6.07) is 10.4. The molecule has 2 heterocycles. The van der Waals surface area contributed by atoms with Gasteiger partial charge < -0.3 is 14.9 Å². The van der Waals surface area contributed by atoms with Gasteiger partial charge >= 0.3 is 0 Å². The molecule has 4 rings (SSSR count). The normalized spacial score (nSPS) is 27.5. The molecule has 0 spiro atoms. The van der Waals surface area contributed by atoms with Gasteiger partial charge in [0.2, 0.25) is 5.89 Å². The fourth-order valence-corrected chi connectivity index (χ4v) is 3.41. The number of hydrogen-bond donors (Lipinski definition) is 2. The van der Waals surface area contributed by atoms with Gasteiger partial charge in [0, 0.05) is 6.54 Å². The van der Waals surface area contributed by atoms with Gasteiger partial charge in [0.05, 0.1) is 17.6 Å². The zero-order chi connectivity index (χ0) is 14.3. The van der Waals surface area contributed by atoms with Crippen LogP contribution in [-0.4, -0.2) is 27.9 Å². The van der Waals surface area contributed by atoms with Crippen LogP contribution in [0.3, 0.4) is 0 Å². The third-order valence-electron chi connectivity index (χ3n) is 4.81. The van der Waals surface area contributed by atoms with Crippen LogP contribution in [0, 0.1) is 0 Å². The van der Waals surface area contributed by atoms with Gasteiger partial charge in [0.25, 0.3) is 0 Å². The van der Waals surface area contributed by atoms with Crippen molar-refractivity contribution >= 4 is 0 Å². The molecule has 0 amide bonds. The summed E-state index contributed by atoms with van der Waals surface area (Å²) in [7, 11) is 0. The Labute approximate surface area is 123 Å². The molecular weight excluding hydrogens is 266 g/mol. The van der Waals surface area contributed by atoms with Gasteiger partial charge in [0.1, 0.15) is 0 Å². The minimum absolute atomic E-state index is 0.0193. The quantitative estimate of drug-likeness (QED) is 0.901. The summed E-state index contributed by atoms with van der Waals surface area (Å²) < 4.78 is 5.47. The topological polar surface area (TPSA) is 71.2 Å². The SMILES string of the molecule is O[C@H]1CN[C@H](c2nc(C3(c4ccccc4)CCC3)no2)C1. The molecule has 2 N–H and O–H groups in total. The van der Waals surface area contributed by atoms with Crippen LogP contribution in [0.25, 0.3) is 0 Å². The largest absolute Gasteiger partial charge is 0.392 e. The van der Waals surface area contributed by atoms with Crippen LogP contribution in [0.4, 0.5) is 0 Å². The number of aliphatic hydroxyl groups excluding tert-OH is 1. The molecule has 2 atom stereocenters. The maximum absolute atomic E-state index is 9.61. The van der Waals surface area contributed by atoms with Crippen LogP contribution in [-0.2, 0) is 5.41 Å². The molecule has 1 aliphatic heterocycles. The van der Waals surface area contributed by atoms with Crippen molar-refractivity contribution in [1.82, 2.24) is 15.5 Å². The van der Waals surface area contributed by atoms with Crippen LogP contribution in [0.1, 0.15) is 49.0 Å². The first-order chi connectivity index (χ1) is 10.3. The third kappa shape index (κ3) is 2.08. The summed E-state index contributed by atoms with van der Waals surface area (Å²) in [5, 5.41) is 17.1. The van der Waals surface area contributed by atoms with E-state index in [2.05, 4.69) is 39.7 Å². The first-order valence-corrected chi connectivity index (χ1v) is 7.59. The number of aliphatic hydroxyl groups is 1. The Morgan fingerprint density at radius 2 is 2.05 bits per heavy atom. The predicted octanol–water partition coefficient (Wildman–Crippen LogP) is 1.93. The van der Waals surface area contributed by atoms with E-state index >= 15 is 0 Å². The van der Waals surface area contributed by atoms with Crippen molar-refractivity contribution in [2.45, 2.75) is 43.2 Å². The van der Waals surface area contributed by atoms with Crippen LogP contribution in [0.15, 0.2) is 34.9 Å². The van der Waals surface area contributed by atoms with E-state index in [0.29, 0.717) is 18.9 Å². The predicted molar refractivity (Wildman–Crippen MR) is 76.7 cm³/mol. The molecule has 2 aliphatic rings. The maximum Gasteiger partial charge on any atom is 0.243 e. The second-order valence-electron chi connectivity index (χ2n) is 6.11. The molecule has 1 aromatic carbocycles. The molecule has 0 unspecified atom stereocenters. The first kappa shape index (κ1) is 13.0. The smallest absolute Gasteiger partial charge is 0.243 e. The Bertz CT molecular complexity index is 621. The summed E-state index contributed by atoms with van der Waals surface area (Å²) in [5.74, 6) is 1.39. The molecule has 21 heavy (non-hydrogen) atoms. The minimum Gasteiger partial charge on any atom is -0.392 e. The Kier molecular flexibility index (Phi) is 3.05. The van der Waals surface area contributed by atoms with Gasteiger partial charge in [-0.1, -0.05) is 41.9 Å². The van der Waals surface area contributed by atoms with E-state index in [4.69, 9.17) is 4.52 Å². The van der Waals surface area contributed by atoms with Crippen LogP contribution < -0.4 is 5.32 Å². The van der Waals surface area contributed by atoms with Crippen molar-refractivity contribution in [2.24, 2.45) is 0 Å². The average molecular weight is 285 g/mol. The number of benzene rings is 1. The molecule has 5 heteroatoms. The lowest BCUT2D eigenvalue weighted by atomic mass is 9.64. The summed E-state index contributed by atoms with van der Waals surface area (Å²) in [5.41, 5.74) is 1.18. The lowest BCUT2D eigenvalue weighted by molar-refractivity contribution is 0.191. The fourth-order valence-electron chi connectivity index (χ4n) is 3.41. The fraction of sp³-hybridized carbons (Fsp3) is 0.500. The van der Waals surface area contributed by atoms with Crippen LogP contribution in [0.2, 0.25) is 0 Å². The molecule has 2 aromatic rings. The van der Waals surface area contributed by atoms with E-state index in [0.717, 1.165) is 18.7 Å². The summed E-state index contributed by atoms with van der Waals surface area (Å²) in [6.45, 7) is 0.589. The number of β-amino-alcohol motifs (C(OH)–C–C–N with tert-alkyl or cyclic N) is 1. The van der Waals surface area contributed by atoms with Crippen molar-refractivity contribution < 1.29 is 9.63 Å². The molecule has 2 fully saturated rings. The summed E-state index contributed by atoms with van der Waals surface area (Å²) >= 11 is 0. The van der Waals surface area contributed by atoms with Gasteiger partial charge in [0.15, 0.2) is 5.82 Å². The monoisotopic (exact) mass is 285 g/mol. The van der Waals surface area contributed by atoms with E-state index in [1.54, 1.807) is 0 Å². The van der Waals surface area contributed by atoms with Crippen molar-refractivity contribution in [3.8, 4) is 0 Å². The lowest BCUT2D eigenvalue weighted by Crippen LogP contribution is -2.36. The highest BCUT2D eigenvalue weighted by atomic mass is 16.5. The number of nitrogens with zero attached hydrogens (tertiary/aromatic N) is 2. The van der Waals surface area contributed by atoms with E-state index < -0.39 is 0 Å².